The molecule has 1 amide bonds. The van der Waals surface area contributed by atoms with Crippen LogP contribution in [-0.4, -0.2) is 23.9 Å². The molecule has 0 bridgehead atoms. The third kappa shape index (κ3) is 2.71. The van der Waals surface area contributed by atoms with Gasteiger partial charge in [0.15, 0.2) is 0 Å². The number of amides is 1. The van der Waals surface area contributed by atoms with E-state index in [0.29, 0.717) is 5.41 Å². The van der Waals surface area contributed by atoms with E-state index < -0.39 is 0 Å². The maximum absolute atomic E-state index is 11.1. The van der Waals surface area contributed by atoms with Crippen LogP contribution in [0.3, 0.4) is 0 Å². The van der Waals surface area contributed by atoms with Crippen LogP contribution < -0.4 is 0 Å². The SMILES string of the molecule is CCCC1(C)CCN(C(C)=O)CC1. The van der Waals surface area contributed by atoms with Crippen molar-refractivity contribution in [1.82, 2.24) is 4.90 Å². The molecule has 1 rings (SSSR count). The minimum Gasteiger partial charge on any atom is -0.343 e. The zero-order valence-electron chi connectivity index (χ0n) is 9.10. The van der Waals surface area contributed by atoms with Gasteiger partial charge in [0.2, 0.25) is 5.91 Å². The molecule has 13 heavy (non-hydrogen) atoms. The lowest BCUT2D eigenvalue weighted by Crippen LogP contribution is -2.41. The molecule has 0 unspecified atom stereocenters. The number of rotatable bonds is 2. The number of carbonyl (C=O) groups excluding carboxylic acids is 1. The molecule has 0 aromatic rings. The van der Waals surface area contributed by atoms with Crippen molar-refractivity contribution in [2.45, 2.75) is 46.5 Å². The molecule has 1 fully saturated rings. The molecule has 0 atom stereocenters. The topological polar surface area (TPSA) is 20.3 Å². The minimum absolute atomic E-state index is 0.235. The van der Waals surface area contributed by atoms with E-state index in [2.05, 4.69) is 13.8 Å². The Kier molecular flexibility index (Phi) is 3.34. The molecular weight excluding hydrogens is 162 g/mol. The lowest BCUT2D eigenvalue weighted by atomic mass is 9.77. The smallest absolute Gasteiger partial charge is 0.219 e. The van der Waals surface area contributed by atoms with Crippen LogP contribution in [0.25, 0.3) is 0 Å². The first-order valence-corrected chi connectivity index (χ1v) is 5.33. The third-order valence-electron chi connectivity index (χ3n) is 3.27. The van der Waals surface area contributed by atoms with Gasteiger partial charge in [-0.2, -0.15) is 0 Å². The van der Waals surface area contributed by atoms with E-state index in [-0.39, 0.29) is 5.91 Å². The molecule has 2 nitrogen and oxygen atoms in total. The van der Waals surface area contributed by atoms with Crippen molar-refractivity contribution >= 4 is 5.91 Å². The highest BCUT2D eigenvalue weighted by molar-refractivity contribution is 5.73. The summed E-state index contributed by atoms with van der Waals surface area (Å²) in [5.41, 5.74) is 0.501. The molecule has 1 saturated heterocycles. The van der Waals surface area contributed by atoms with Gasteiger partial charge in [-0.15, -0.1) is 0 Å². The Morgan fingerprint density at radius 3 is 2.31 bits per heavy atom. The number of carbonyl (C=O) groups is 1. The maximum atomic E-state index is 11.1. The second-order valence-corrected chi connectivity index (χ2v) is 4.57. The summed E-state index contributed by atoms with van der Waals surface area (Å²) >= 11 is 0. The molecule has 0 spiro atoms. The van der Waals surface area contributed by atoms with Crippen molar-refractivity contribution in [2.24, 2.45) is 5.41 Å². The molecular formula is C11H21NO. The lowest BCUT2D eigenvalue weighted by Gasteiger charge is -2.39. The third-order valence-corrected chi connectivity index (χ3v) is 3.27. The van der Waals surface area contributed by atoms with Crippen LogP contribution in [-0.2, 0) is 4.79 Å². The molecule has 1 heterocycles. The zero-order chi connectivity index (χ0) is 9.90. The molecule has 0 aromatic carbocycles. The van der Waals surface area contributed by atoms with Crippen molar-refractivity contribution in [3.05, 3.63) is 0 Å². The molecule has 2 heteroatoms. The van der Waals surface area contributed by atoms with Gasteiger partial charge in [-0.3, -0.25) is 4.79 Å². The van der Waals surface area contributed by atoms with E-state index in [1.165, 1.54) is 25.7 Å². The van der Waals surface area contributed by atoms with Gasteiger partial charge in [0, 0.05) is 20.0 Å². The summed E-state index contributed by atoms with van der Waals surface area (Å²) in [6.07, 6.45) is 4.93. The first-order valence-electron chi connectivity index (χ1n) is 5.33. The summed E-state index contributed by atoms with van der Waals surface area (Å²) in [6.45, 7) is 8.19. The standard InChI is InChI=1S/C11H21NO/c1-4-5-11(3)6-8-12(9-7-11)10(2)13/h4-9H2,1-3H3. The highest BCUT2D eigenvalue weighted by atomic mass is 16.2. The summed E-state index contributed by atoms with van der Waals surface area (Å²) in [5.74, 6) is 0.235. The number of piperidine rings is 1. The highest BCUT2D eigenvalue weighted by Crippen LogP contribution is 2.35. The Balaban J connectivity index is 2.41. The maximum Gasteiger partial charge on any atom is 0.219 e. The summed E-state index contributed by atoms with van der Waals surface area (Å²) in [7, 11) is 0. The van der Waals surface area contributed by atoms with Crippen LogP contribution in [0, 0.1) is 5.41 Å². The van der Waals surface area contributed by atoms with Gasteiger partial charge in [0.1, 0.15) is 0 Å². The number of likely N-dealkylation sites (tertiary alicyclic amines) is 1. The molecule has 76 valence electrons. The Morgan fingerprint density at radius 1 is 1.38 bits per heavy atom. The van der Waals surface area contributed by atoms with Crippen molar-refractivity contribution in [1.29, 1.82) is 0 Å². The summed E-state index contributed by atoms with van der Waals surface area (Å²) < 4.78 is 0. The number of hydrogen-bond acceptors (Lipinski definition) is 1. The van der Waals surface area contributed by atoms with Crippen LogP contribution in [0.4, 0.5) is 0 Å². The molecule has 1 aliphatic rings. The van der Waals surface area contributed by atoms with E-state index in [1.54, 1.807) is 6.92 Å². The minimum atomic E-state index is 0.235. The van der Waals surface area contributed by atoms with Crippen LogP contribution >= 0.6 is 0 Å². The van der Waals surface area contributed by atoms with Crippen LogP contribution in [0.15, 0.2) is 0 Å². The van der Waals surface area contributed by atoms with Gasteiger partial charge < -0.3 is 4.90 Å². The van der Waals surface area contributed by atoms with E-state index in [1.807, 2.05) is 4.90 Å². The fourth-order valence-corrected chi connectivity index (χ4v) is 2.22. The van der Waals surface area contributed by atoms with Gasteiger partial charge in [-0.1, -0.05) is 20.3 Å². The molecule has 0 radical (unpaired) electrons. The van der Waals surface area contributed by atoms with E-state index >= 15 is 0 Å². The Hall–Kier alpha value is -0.530. The Bertz CT molecular complexity index is 181. The van der Waals surface area contributed by atoms with Gasteiger partial charge in [-0.05, 0) is 24.7 Å². The van der Waals surface area contributed by atoms with Crippen LogP contribution in [0.1, 0.15) is 46.5 Å². The van der Waals surface area contributed by atoms with E-state index in [9.17, 15) is 4.79 Å². The molecule has 0 N–H and O–H groups in total. The quantitative estimate of drug-likeness (QED) is 0.644. The highest BCUT2D eigenvalue weighted by Gasteiger charge is 2.29. The first kappa shape index (κ1) is 10.6. The van der Waals surface area contributed by atoms with E-state index in [4.69, 9.17) is 0 Å². The summed E-state index contributed by atoms with van der Waals surface area (Å²) in [6, 6.07) is 0. The predicted octanol–water partition coefficient (Wildman–Crippen LogP) is 2.44. The Labute approximate surface area is 81.3 Å². The average Bonchev–Trinajstić information content (AvgIpc) is 2.05. The molecule has 0 aliphatic carbocycles. The second-order valence-electron chi connectivity index (χ2n) is 4.57. The lowest BCUT2D eigenvalue weighted by molar-refractivity contribution is -0.131. The monoisotopic (exact) mass is 183 g/mol. The molecule has 0 saturated carbocycles. The zero-order valence-corrected chi connectivity index (χ0v) is 9.10. The molecule has 1 aliphatic heterocycles. The molecule has 0 aromatic heterocycles. The van der Waals surface area contributed by atoms with Crippen LogP contribution in [0.2, 0.25) is 0 Å². The summed E-state index contributed by atoms with van der Waals surface area (Å²) in [5, 5.41) is 0. The van der Waals surface area contributed by atoms with Crippen molar-refractivity contribution < 1.29 is 4.79 Å². The summed E-state index contributed by atoms with van der Waals surface area (Å²) in [4.78, 5) is 13.1. The largest absolute Gasteiger partial charge is 0.343 e. The first-order chi connectivity index (χ1) is 6.07. The predicted molar refractivity (Wildman–Crippen MR) is 54.5 cm³/mol. The van der Waals surface area contributed by atoms with Crippen molar-refractivity contribution in [3.8, 4) is 0 Å². The fourth-order valence-electron chi connectivity index (χ4n) is 2.22. The van der Waals surface area contributed by atoms with Gasteiger partial charge in [0.25, 0.3) is 0 Å². The van der Waals surface area contributed by atoms with Crippen molar-refractivity contribution in [3.63, 3.8) is 0 Å². The number of nitrogens with zero attached hydrogens (tertiary/aromatic N) is 1. The average molecular weight is 183 g/mol. The van der Waals surface area contributed by atoms with E-state index in [0.717, 1.165) is 13.1 Å². The second kappa shape index (κ2) is 4.12. The van der Waals surface area contributed by atoms with Gasteiger partial charge >= 0.3 is 0 Å². The van der Waals surface area contributed by atoms with Crippen LogP contribution in [0.5, 0.6) is 0 Å². The Morgan fingerprint density at radius 2 is 1.92 bits per heavy atom. The van der Waals surface area contributed by atoms with Crippen molar-refractivity contribution in [2.75, 3.05) is 13.1 Å². The normalized spacial score (nSPS) is 21.6. The van der Waals surface area contributed by atoms with Gasteiger partial charge in [0.05, 0.1) is 0 Å². The van der Waals surface area contributed by atoms with Gasteiger partial charge in [-0.25, -0.2) is 0 Å². The fraction of sp³-hybridized carbons (Fsp3) is 0.909. The number of hydrogen-bond donors (Lipinski definition) is 0.